The molecule has 0 aliphatic heterocycles. The molecule has 0 aliphatic carbocycles. The molecule has 0 bridgehead atoms. The zero-order valence-electron chi connectivity index (χ0n) is 12.9. The Morgan fingerprint density at radius 1 is 1.25 bits per heavy atom. The average molecular weight is 321 g/mol. The van der Waals surface area contributed by atoms with Gasteiger partial charge in [0.25, 0.3) is 5.91 Å². The highest BCUT2D eigenvalue weighted by atomic mass is 16.5. The van der Waals surface area contributed by atoms with Crippen molar-refractivity contribution in [3.8, 4) is 17.0 Å². The van der Waals surface area contributed by atoms with E-state index >= 15 is 0 Å². The van der Waals surface area contributed by atoms with Crippen LogP contribution in [0.15, 0.2) is 59.8 Å². The largest absolute Gasteiger partial charge is 0.496 e. The number of carbonyl (C=O) groups excluding carboxylic acids is 1. The topological polar surface area (TPSA) is 92.3 Å². The van der Waals surface area contributed by atoms with Crippen LogP contribution < -0.4 is 10.2 Å². The summed E-state index contributed by atoms with van der Waals surface area (Å²) in [4.78, 5) is 16.2. The molecular weight excluding hydrogens is 306 g/mol. The van der Waals surface area contributed by atoms with E-state index in [0.29, 0.717) is 22.8 Å². The molecule has 0 saturated carbocycles. The molecule has 0 unspecified atom stereocenters. The fourth-order valence-corrected chi connectivity index (χ4v) is 2.10. The van der Waals surface area contributed by atoms with Crippen LogP contribution in [-0.4, -0.2) is 34.4 Å². The summed E-state index contributed by atoms with van der Waals surface area (Å²) in [7, 11) is 1.59. The van der Waals surface area contributed by atoms with Gasteiger partial charge in [0.1, 0.15) is 11.4 Å². The van der Waals surface area contributed by atoms with E-state index in [2.05, 4.69) is 25.7 Å². The second kappa shape index (κ2) is 7.19. The van der Waals surface area contributed by atoms with Gasteiger partial charge in [-0.05, 0) is 30.3 Å². The van der Waals surface area contributed by atoms with Gasteiger partial charge >= 0.3 is 0 Å². The van der Waals surface area contributed by atoms with Crippen molar-refractivity contribution in [2.45, 2.75) is 0 Å². The molecule has 7 heteroatoms. The van der Waals surface area contributed by atoms with Crippen LogP contribution >= 0.6 is 0 Å². The minimum Gasteiger partial charge on any atom is -0.496 e. The first kappa shape index (κ1) is 15.4. The zero-order chi connectivity index (χ0) is 16.8. The van der Waals surface area contributed by atoms with Crippen LogP contribution in [0.4, 0.5) is 0 Å². The first-order valence-electron chi connectivity index (χ1n) is 7.21. The minimum atomic E-state index is -0.393. The Kier molecular flexibility index (Phi) is 4.62. The molecule has 0 radical (unpaired) electrons. The fraction of sp³-hybridized carbons (Fsp3) is 0.0588. The number of rotatable bonds is 5. The van der Waals surface area contributed by atoms with Gasteiger partial charge in [-0.3, -0.25) is 14.9 Å². The van der Waals surface area contributed by atoms with Crippen LogP contribution in [0.2, 0.25) is 0 Å². The number of hydrogen-bond donors (Lipinski definition) is 2. The predicted molar refractivity (Wildman–Crippen MR) is 89.9 cm³/mol. The normalized spacial score (nSPS) is 10.7. The van der Waals surface area contributed by atoms with E-state index in [9.17, 15) is 4.79 Å². The summed E-state index contributed by atoms with van der Waals surface area (Å²) in [6.45, 7) is 0. The number of nitrogens with zero attached hydrogens (tertiary/aromatic N) is 3. The molecule has 1 aromatic carbocycles. The monoisotopic (exact) mass is 321 g/mol. The van der Waals surface area contributed by atoms with Gasteiger partial charge in [0.2, 0.25) is 0 Å². The number of aromatic nitrogens is 3. The summed E-state index contributed by atoms with van der Waals surface area (Å²) in [5.74, 6) is 0.292. The van der Waals surface area contributed by atoms with Crippen LogP contribution in [0.25, 0.3) is 11.3 Å². The van der Waals surface area contributed by atoms with Crippen molar-refractivity contribution in [1.82, 2.24) is 20.6 Å². The van der Waals surface area contributed by atoms with E-state index in [0.717, 1.165) is 5.56 Å². The molecule has 2 aromatic heterocycles. The molecule has 0 spiro atoms. The van der Waals surface area contributed by atoms with Crippen molar-refractivity contribution in [2.75, 3.05) is 7.11 Å². The van der Waals surface area contributed by atoms with Crippen LogP contribution in [-0.2, 0) is 0 Å². The third-order valence-corrected chi connectivity index (χ3v) is 3.26. The highest BCUT2D eigenvalue weighted by Crippen LogP contribution is 2.28. The molecule has 24 heavy (non-hydrogen) atoms. The Morgan fingerprint density at radius 2 is 2.08 bits per heavy atom. The Bertz CT molecular complexity index is 858. The van der Waals surface area contributed by atoms with Crippen molar-refractivity contribution >= 4 is 12.1 Å². The summed E-state index contributed by atoms with van der Waals surface area (Å²) in [5.41, 5.74) is 4.79. The van der Waals surface area contributed by atoms with E-state index in [4.69, 9.17) is 4.74 Å². The first-order valence-corrected chi connectivity index (χ1v) is 7.21. The standard InChI is InChI=1S/C17H15N5O2/c1-24-16-8-3-2-7-13(16)14-10-15(21-20-14)17(23)22-19-11-12-6-4-5-9-18-12/h2-11H,1H3,(H,20,21)(H,22,23). The Labute approximate surface area is 138 Å². The van der Waals surface area contributed by atoms with Gasteiger partial charge in [0, 0.05) is 11.8 Å². The third kappa shape index (κ3) is 3.46. The molecule has 3 aromatic rings. The van der Waals surface area contributed by atoms with Crippen molar-refractivity contribution in [3.63, 3.8) is 0 Å². The number of ether oxygens (including phenoxy) is 1. The van der Waals surface area contributed by atoms with Crippen LogP contribution in [0, 0.1) is 0 Å². The van der Waals surface area contributed by atoms with E-state index in [1.54, 1.807) is 31.5 Å². The summed E-state index contributed by atoms with van der Waals surface area (Å²) in [6, 6.07) is 14.5. The molecule has 0 fully saturated rings. The molecule has 0 atom stereocenters. The number of hydrazone groups is 1. The van der Waals surface area contributed by atoms with Gasteiger partial charge in [-0.15, -0.1) is 0 Å². The molecule has 7 nitrogen and oxygen atoms in total. The molecule has 1 amide bonds. The van der Waals surface area contributed by atoms with Gasteiger partial charge < -0.3 is 4.74 Å². The number of carbonyl (C=O) groups is 1. The first-order chi connectivity index (χ1) is 11.8. The van der Waals surface area contributed by atoms with E-state index < -0.39 is 5.91 Å². The number of benzene rings is 1. The predicted octanol–water partition coefficient (Wildman–Crippen LogP) is 2.24. The van der Waals surface area contributed by atoms with Crippen molar-refractivity contribution in [2.24, 2.45) is 5.10 Å². The highest BCUT2D eigenvalue weighted by Gasteiger charge is 2.13. The lowest BCUT2D eigenvalue weighted by Gasteiger charge is -2.04. The molecule has 2 N–H and O–H groups in total. The highest BCUT2D eigenvalue weighted by molar-refractivity contribution is 5.94. The number of hydrogen-bond acceptors (Lipinski definition) is 5. The summed E-state index contributed by atoms with van der Waals surface area (Å²) >= 11 is 0. The lowest BCUT2D eigenvalue weighted by atomic mass is 10.1. The Hall–Kier alpha value is -3.48. The minimum absolute atomic E-state index is 0.300. The number of nitrogens with one attached hydrogen (secondary N) is 2. The Morgan fingerprint density at radius 3 is 2.88 bits per heavy atom. The Balaban J connectivity index is 1.71. The van der Waals surface area contributed by atoms with Crippen molar-refractivity contribution in [1.29, 1.82) is 0 Å². The lowest BCUT2D eigenvalue weighted by Crippen LogP contribution is -2.18. The molecule has 2 heterocycles. The molecule has 0 saturated heterocycles. The number of methoxy groups -OCH3 is 1. The maximum atomic E-state index is 12.1. The van der Waals surface area contributed by atoms with E-state index in [-0.39, 0.29) is 0 Å². The molecule has 0 aliphatic rings. The molecular formula is C17H15N5O2. The van der Waals surface area contributed by atoms with Gasteiger partial charge in [0.15, 0.2) is 0 Å². The molecule has 120 valence electrons. The summed E-state index contributed by atoms with van der Waals surface area (Å²) in [5, 5.41) is 10.7. The van der Waals surface area contributed by atoms with E-state index in [1.165, 1.54) is 6.21 Å². The number of aromatic amines is 1. The third-order valence-electron chi connectivity index (χ3n) is 3.26. The van der Waals surface area contributed by atoms with E-state index in [1.807, 2.05) is 30.3 Å². The second-order valence-corrected chi connectivity index (χ2v) is 4.82. The van der Waals surface area contributed by atoms with Crippen LogP contribution in [0.5, 0.6) is 5.75 Å². The second-order valence-electron chi connectivity index (χ2n) is 4.82. The fourth-order valence-electron chi connectivity index (χ4n) is 2.10. The zero-order valence-corrected chi connectivity index (χ0v) is 12.9. The average Bonchev–Trinajstić information content (AvgIpc) is 3.12. The van der Waals surface area contributed by atoms with Gasteiger partial charge in [0.05, 0.1) is 24.7 Å². The summed E-state index contributed by atoms with van der Waals surface area (Å²) in [6.07, 6.45) is 3.12. The van der Waals surface area contributed by atoms with Crippen molar-refractivity contribution < 1.29 is 9.53 Å². The summed E-state index contributed by atoms with van der Waals surface area (Å²) < 4.78 is 5.30. The smallest absolute Gasteiger partial charge is 0.289 e. The number of H-pyrrole nitrogens is 1. The number of para-hydroxylation sites is 1. The quantitative estimate of drug-likeness (QED) is 0.557. The van der Waals surface area contributed by atoms with Gasteiger partial charge in [-0.2, -0.15) is 10.2 Å². The SMILES string of the molecule is COc1ccccc1-c1cc(C(=O)NN=Cc2ccccn2)[nH]n1. The van der Waals surface area contributed by atoms with Gasteiger partial charge in [-0.1, -0.05) is 18.2 Å². The van der Waals surface area contributed by atoms with Crippen LogP contribution in [0.3, 0.4) is 0 Å². The molecule has 3 rings (SSSR count). The number of amides is 1. The van der Waals surface area contributed by atoms with Crippen molar-refractivity contribution in [3.05, 3.63) is 66.1 Å². The maximum absolute atomic E-state index is 12.1. The van der Waals surface area contributed by atoms with Gasteiger partial charge in [-0.25, -0.2) is 5.43 Å². The lowest BCUT2D eigenvalue weighted by molar-refractivity contribution is 0.0950. The number of pyridine rings is 1. The maximum Gasteiger partial charge on any atom is 0.289 e. The van der Waals surface area contributed by atoms with Crippen LogP contribution in [0.1, 0.15) is 16.2 Å².